The van der Waals surface area contributed by atoms with E-state index in [1.165, 1.54) is 10.5 Å². The van der Waals surface area contributed by atoms with Crippen molar-refractivity contribution in [2.24, 2.45) is 0 Å². The van der Waals surface area contributed by atoms with E-state index in [0.29, 0.717) is 12.8 Å². The maximum atomic E-state index is 11.9. The number of likely N-dealkylation sites (tertiary alicyclic amines) is 1. The lowest BCUT2D eigenvalue weighted by atomic mass is 10.0. The Kier molecular flexibility index (Phi) is 6.31. The summed E-state index contributed by atoms with van der Waals surface area (Å²) in [4.78, 5) is 24.8. The first-order valence-corrected chi connectivity index (χ1v) is 9.37. The van der Waals surface area contributed by atoms with Crippen LogP contribution in [-0.4, -0.2) is 39.0 Å². The highest BCUT2D eigenvalue weighted by molar-refractivity contribution is 7.85. The first-order valence-electron chi connectivity index (χ1n) is 7.75. The summed E-state index contributed by atoms with van der Waals surface area (Å²) in [5, 5.41) is -0.255. The number of unbranched alkanes of at least 4 members (excludes halogenated alkanes) is 2. The van der Waals surface area contributed by atoms with Gasteiger partial charge in [0.2, 0.25) is 5.91 Å². The summed E-state index contributed by atoms with van der Waals surface area (Å²) in [5.74, 6) is 0.0147. The number of benzene rings is 1. The molecule has 4 nitrogen and oxygen atoms in total. The SMILES string of the molecule is CS(=O)C1CC(=O)N1CC(=O)CCCCCc1ccccc1. The average Bonchev–Trinajstić information content (AvgIpc) is 2.50. The Hall–Kier alpha value is -1.49. The van der Waals surface area contributed by atoms with E-state index in [-0.39, 0.29) is 23.6 Å². The number of aryl methyl sites for hydroxylation is 1. The minimum Gasteiger partial charge on any atom is -0.320 e. The van der Waals surface area contributed by atoms with Gasteiger partial charge in [-0.3, -0.25) is 13.8 Å². The van der Waals surface area contributed by atoms with Gasteiger partial charge in [-0.05, 0) is 24.8 Å². The molecule has 120 valence electrons. The minimum absolute atomic E-state index is 0.0578. The molecule has 5 heteroatoms. The second-order valence-corrected chi connectivity index (χ2v) is 7.31. The first-order chi connectivity index (χ1) is 10.6. The van der Waals surface area contributed by atoms with Crippen LogP contribution in [0, 0.1) is 0 Å². The van der Waals surface area contributed by atoms with E-state index in [9.17, 15) is 13.8 Å². The van der Waals surface area contributed by atoms with Crippen molar-refractivity contribution in [3.63, 3.8) is 0 Å². The zero-order valence-corrected chi connectivity index (χ0v) is 13.8. The fraction of sp³-hybridized carbons (Fsp3) is 0.529. The average molecular weight is 321 g/mol. The van der Waals surface area contributed by atoms with Gasteiger partial charge in [0.25, 0.3) is 0 Å². The molecule has 1 saturated heterocycles. The fourth-order valence-corrected chi connectivity index (χ4v) is 3.58. The van der Waals surface area contributed by atoms with Gasteiger partial charge in [0.1, 0.15) is 5.37 Å². The van der Waals surface area contributed by atoms with E-state index in [1.807, 2.05) is 18.2 Å². The summed E-state index contributed by atoms with van der Waals surface area (Å²) in [6.07, 6.45) is 6.37. The van der Waals surface area contributed by atoms with Gasteiger partial charge in [0, 0.05) is 23.5 Å². The number of Topliss-reactive ketones (excluding diaryl/α,β-unsaturated/α-hetero) is 1. The van der Waals surface area contributed by atoms with Crippen molar-refractivity contribution in [2.75, 3.05) is 12.8 Å². The molecular weight excluding hydrogens is 298 g/mol. The molecule has 0 radical (unpaired) electrons. The van der Waals surface area contributed by atoms with Crippen LogP contribution in [0.5, 0.6) is 0 Å². The number of carbonyl (C=O) groups is 2. The molecule has 2 atom stereocenters. The number of amides is 1. The Balaban J connectivity index is 1.60. The maximum absolute atomic E-state index is 11.9. The van der Waals surface area contributed by atoms with E-state index >= 15 is 0 Å². The van der Waals surface area contributed by atoms with Crippen LogP contribution in [0.25, 0.3) is 0 Å². The third kappa shape index (κ3) is 4.77. The van der Waals surface area contributed by atoms with Crippen LogP contribution in [0.3, 0.4) is 0 Å². The smallest absolute Gasteiger partial charge is 0.227 e. The molecule has 0 aromatic heterocycles. The Bertz CT molecular complexity index is 544. The summed E-state index contributed by atoms with van der Waals surface area (Å²) < 4.78 is 11.4. The van der Waals surface area contributed by atoms with Crippen molar-refractivity contribution in [1.29, 1.82) is 0 Å². The lowest BCUT2D eigenvalue weighted by Gasteiger charge is -2.38. The molecule has 22 heavy (non-hydrogen) atoms. The number of hydrogen-bond donors (Lipinski definition) is 0. The number of β-lactam (4-membered cyclic amide) rings is 1. The predicted molar refractivity (Wildman–Crippen MR) is 87.8 cm³/mol. The normalized spacial score (nSPS) is 18.9. The molecule has 1 heterocycles. The molecule has 1 aliphatic rings. The molecule has 0 bridgehead atoms. The standard InChI is InChI=1S/C17H23NO3S/c1-22(21)17-12-16(20)18(17)13-15(19)11-7-3-6-10-14-8-4-2-5-9-14/h2,4-5,8-9,17H,3,6-7,10-13H2,1H3. The van der Waals surface area contributed by atoms with Gasteiger partial charge in [0.05, 0.1) is 13.0 Å². The second kappa shape index (κ2) is 8.22. The van der Waals surface area contributed by atoms with Gasteiger partial charge in [-0.15, -0.1) is 0 Å². The van der Waals surface area contributed by atoms with E-state index in [4.69, 9.17) is 0 Å². The molecule has 1 fully saturated rings. The van der Waals surface area contributed by atoms with Crippen LogP contribution < -0.4 is 0 Å². The monoisotopic (exact) mass is 321 g/mol. The Morgan fingerprint density at radius 3 is 2.59 bits per heavy atom. The fourth-order valence-electron chi connectivity index (χ4n) is 2.65. The highest BCUT2D eigenvalue weighted by Gasteiger charge is 2.39. The summed E-state index contributed by atoms with van der Waals surface area (Å²) in [6, 6.07) is 10.3. The number of ketones is 1. The number of hydrogen-bond acceptors (Lipinski definition) is 3. The summed E-state index contributed by atoms with van der Waals surface area (Å²) in [5.41, 5.74) is 1.33. The van der Waals surface area contributed by atoms with Crippen LogP contribution in [0.2, 0.25) is 0 Å². The zero-order chi connectivity index (χ0) is 15.9. The molecule has 2 unspecified atom stereocenters. The summed E-state index contributed by atoms with van der Waals surface area (Å²) >= 11 is 0. The molecule has 0 spiro atoms. The predicted octanol–water partition coefficient (Wildman–Crippen LogP) is 2.30. The van der Waals surface area contributed by atoms with Crippen molar-refractivity contribution in [3.8, 4) is 0 Å². The molecule has 1 aromatic carbocycles. The summed E-state index contributed by atoms with van der Waals surface area (Å²) in [6.45, 7) is 0.127. The van der Waals surface area contributed by atoms with E-state index in [2.05, 4.69) is 12.1 Å². The van der Waals surface area contributed by atoms with Gasteiger partial charge < -0.3 is 4.90 Å². The van der Waals surface area contributed by atoms with Crippen molar-refractivity contribution < 1.29 is 13.8 Å². The zero-order valence-electron chi connectivity index (χ0n) is 13.0. The molecular formula is C17H23NO3S. The number of rotatable bonds is 9. The topological polar surface area (TPSA) is 54.5 Å². The first kappa shape index (κ1) is 16.9. The molecule has 1 aliphatic heterocycles. The molecule has 0 N–H and O–H groups in total. The van der Waals surface area contributed by atoms with Crippen molar-refractivity contribution in [3.05, 3.63) is 35.9 Å². The molecule has 1 amide bonds. The van der Waals surface area contributed by atoms with Crippen molar-refractivity contribution >= 4 is 22.5 Å². The van der Waals surface area contributed by atoms with Gasteiger partial charge >= 0.3 is 0 Å². The van der Waals surface area contributed by atoms with Crippen LogP contribution in [0.4, 0.5) is 0 Å². The van der Waals surface area contributed by atoms with E-state index in [1.54, 1.807) is 6.26 Å². The van der Waals surface area contributed by atoms with Crippen LogP contribution >= 0.6 is 0 Å². The second-order valence-electron chi connectivity index (χ2n) is 5.76. The Morgan fingerprint density at radius 1 is 1.23 bits per heavy atom. The maximum Gasteiger partial charge on any atom is 0.227 e. The van der Waals surface area contributed by atoms with Crippen LogP contribution in [-0.2, 0) is 26.8 Å². The van der Waals surface area contributed by atoms with E-state index in [0.717, 1.165) is 25.7 Å². The van der Waals surface area contributed by atoms with Gasteiger partial charge in [0.15, 0.2) is 5.78 Å². The van der Waals surface area contributed by atoms with E-state index < -0.39 is 10.8 Å². The molecule has 0 saturated carbocycles. The van der Waals surface area contributed by atoms with Crippen LogP contribution in [0.1, 0.15) is 37.7 Å². The van der Waals surface area contributed by atoms with Gasteiger partial charge in [-0.2, -0.15) is 0 Å². The van der Waals surface area contributed by atoms with Crippen molar-refractivity contribution in [2.45, 2.75) is 43.9 Å². The Labute approximate surface area is 134 Å². The van der Waals surface area contributed by atoms with Gasteiger partial charge in [-0.25, -0.2) is 0 Å². The summed E-state index contributed by atoms with van der Waals surface area (Å²) in [7, 11) is -1.07. The lowest BCUT2D eigenvalue weighted by Crippen LogP contribution is -2.56. The minimum atomic E-state index is -1.07. The molecule has 2 rings (SSSR count). The van der Waals surface area contributed by atoms with Crippen LogP contribution in [0.15, 0.2) is 30.3 Å². The quantitative estimate of drug-likeness (QED) is 0.518. The lowest BCUT2D eigenvalue weighted by molar-refractivity contribution is -0.145. The number of nitrogens with zero attached hydrogens (tertiary/aromatic N) is 1. The highest BCUT2D eigenvalue weighted by Crippen LogP contribution is 2.21. The third-order valence-corrected chi connectivity index (χ3v) is 5.20. The molecule has 1 aromatic rings. The Morgan fingerprint density at radius 2 is 1.95 bits per heavy atom. The largest absolute Gasteiger partial charge is 0.320 e. The number of carbonyl (C=O) groups excluding carboxylic acids is 2. The third-order valence-electron chi connectivity index (χ3n) is 4.01. The van der Waals surface area contributed by atoms with Gasteiger partial charge in [-0.1, -0.05) is 36.8 Å². The highest BCUT2D eigenvalue weighted by atomic mass is 32.2. The van der Waals surface area contributed by atoms with Crippen molar-refractivity contribution in [1.82, 2.24) is 4.90 Å². The molecule has 0 aliphatic carbocycles.